The molecule has 0 aromatic heterocycles. The zero-order valence-corrected chi connectivity index (χ0v) is 14.7. The number of halogens is 1. The van der Waals surface area contributed by atoms with Crippen LogP contribution in [-0.2, 0) is 10.0 Å². The minimum absolute atomic E-state index is 0.0164. The predicted molar refractivity (Wildman–Crippen MR) is 93.3 cm³/mol. The highest BCUT2D eigenvalue weighted by Gasteiger charge is 2.29. The van der Waals surface area contributed by atoms with Gasteiger partial charge >= 0.3 is 0 Å². The zero-order valence-electron chi connectivity index (χ0n) is 13.9. The van der Waals surface area contributed by atoms with Crippen LogP contribution in [-0.4, -0.2) is 38.9 Å². The second kappa shape index (κ2) is 6.53. The maximum Gasteiger partial charge on any atom is 0.243 e. The molecule has 0 N–H and O–H groups in total. The molecule has 2 aromatic carbocycles. The summed E-state index contributed by atoms with van der Waals surface area (Å²) in [6.45, 7) is 6.19. The molecule has 0 unspecified atom stereocenters. The van der Waals surface area contributed by atoms with Gasteiger partial charge in [-0.05, 0) is 49.2 Å². The molecule has 0 bridgehead atoms. The molecule has 24 heavy (non-hydrogen) atoms. The Kier molecular flexibility index (Phi) is 4.60. The monoisotopic (exact) mass is 348 g/mol. The van der Waals surface area contributed by atoms with Gasteiger partial charge < -0.3 is 4.90 Å². The molecule has 0 amide bonds. The fraction of sp³-hybridized carbons (Fsp3) is 0.333. The standard InChI is InChI=1S/C18H21FN2O2S/c1-14-5-3-8-18(15(14)2)20-9-11-21(12-10-20)24(22,23)17-7-4-6-16(19)13-17/h3-8,13H,9-12H2,1-2H3. The summed E-state index contributed by atoms with van der Waals surface area (Å²) in [5, 5.41) is 0. The Morgan fingerprint density at radius 2 is 1.62 bits per heavy atom. The third kappa shape index (κ3) is 3.16. The molecule has 128 valence electrons. The van der Waals surface area contributed by atoms with Crippen LogP contribution in [0.1, 0.15) is 11.1 Å². The highest BCUT2D eigenvalue weighted by Crippen LogP contribution is 2.25. The van der Waals surface area contributed by atoms with Gasteiger partial charge in [0.15, 0.2) is 0 Å². The van der Waals surface area contributed by atoms with Gasteiger partial charge in [-0.25, -0.2) is 12.8 Å². The Morgan fingerprint density at radius 3 is 2.29 bits per heavy atom. The van der Waals surface area contributed by atoms with E-state index in [1.807, 2.05) is 6.07 Å². The minimum Gasteiger partial charge on any atom is -0.369 e. The smallest absolute Gasteiger partial charge is 0.243 e. The number of nitrogens with zero attached hydrogens (tertiary/aromatic N) is 2. The van der Waals surface area contributed by atoms with Crippen LogP contribution in [0.4, 0.5) is 10.1 Å². The lowest BCUT2D eigenvalue weighted by Gasteiger charge is -2.36. The Bertz CT molecular complexity index is 844. The van der Waals surface area contributed by atoms with Crippen LogP contribution in [0, 0.1) is 19.7 Å². The van der Waals surface area contributed by atoms with E-state index in [4.69, 9.17) is 0 Å². The molecule has 0 spiro atoms. The Morgan fingerprint density at radius 1 is 0.958 bits per heavy atom. The van der Waals surface area contributed by atoms with E-state index in [2.05, 4.69) is 30.9 Å². The van der Waals surface area contributed by atoms with Gasteiger partial charge in [0.2, 0.25) is 10.0 Å². The molecule has 2 aromatic rings. The van der Waals surface area contributed by atoms with Gasteiger partial charge in [-0.3, -0.25) is 0 Å². The van der Waals surface area contributed by atoms with Crippen molar-refractivity contribution < 1.29 is 12.8 Å². The Balaban J connectivity index is 1.76. The fourth-order valence-corrected chi connectivity index (χ4v) is 4.48. The van der Waals surface area contributed by atoms with Crippen LogP contribution < -0.4 is 4.90 Å². The van der Waals surface area contributed by atoms with E-state index >= 15 is 0 Å². The molecular formula is C18H21FN2O2S. The van der Waals surface area contributed by atoms with E-state index in [-0.39, 0.29) is 4.90 Å². The van der Waals surface area contributed by atoms with Crippen molar-refractivity contribution in [2.24, 2.45) is 0 Å². The molecule has 1 saturated heterocycles. The lowest BCUT2D eigenvalue weighted by atomic mass is 10.1. The molecule has 1 heterocycles. The van der Waals surface area contributed by atoms with Crippen molar-refractivity contribution in [2.75, 3.05) is 31.1 Å². The third-order valence-corrected chi connectivity index (χ3v) is 6.48. The van der Waals surface area contributed by atoms with Gasteiger partial charge in [-0.1, -0.05) is 18.2 Å². The summed E-state index contributed by atoms with van der Waals surface area (Å²) in [4.78, 5) is 2.22. The van der Waals surface area contributed by atoms with Crippen LogP contribution in [0.15, 0.2) is 47.4 Å². The minimum atomic E-state index is -3.64. The first-order valence-corrected chi connectivity index (χ1v) is 9.40. The molecule has 6 heteroatoms. The lowest BCUT2D eigenvalue weighted by Crippen LogP contribution is -2.48. The first-order chi connectivity index (χ1) is 11.4. The van der Waals surface area contributed by atoms with E-state index < -0.39 is 15.8 Å². The van der Waals surface area contributed by atoms with E-state index in [1.54, 1.807) is 0 Å². The van der Waals surface area contributed by atoms with Crippen molar-refractivity contribution in [3.63, 3.8) is 0 Å². The number of piperazine rings is 1. The van der Waals surface area contributed by atoms with Gasteiger partial charge in [0, 0.05) is 31.9 Å². The SMILES string of the molecule is Cc1cccc(N2CCN(S(=O)(=O)c3cccc(F)c3)CC2)c1C. The topological polar surface area (TPSA) is 40.6 Å². The summed E-state index contributed by atoms with van der Waals surface area (Å²) in [5.74, 6) is -0.537. The van der Waals surface area contributed by atoms with Gasteiger partial charge in [-0.2, -0.15) is 4.31 Å². The molecular weight excluding hydrogens is 327 g/mol. The van der Waals surface area contributed by atoms with Crippen molar-refractivity contribution in [3.8, 4) is 0 Å². The molecule has 1 aliphatic heterocycles. The third-order valence-electron chi connectivity index (χ3n) is 4.59. The number of sulfonamides is 1. The highest BCUT2D eigenvalue weighted by molar-refractivity contribution is 7.89. The van der Waals surface area contributed by atoms with E-state index in [0.717, 1.165) is 11.8 Å². The molecule has 0 radical (unpaired) electrons. The van der Waals surface area contributed by atoms with Crippen molar-refractivity contribution >= 4 is 15.7 Å². The lowest BCUT2D eigenvalue weighted by molar-refractivity contribution is 0.384. The highest BCUT2D eigenvalue weighted by atomic mass is 32.2. The van der Waals surface area contributed by atoms with Crippen LogP contribution in [0.3, 0.4) is 0 Å². The first-order valence-electron chi connectivity index (χ1n) is 7.96. The van der Waals surface area contributed by atoms with Crippen molar-refractivity contribution in [1.82, 2.24) is 4.31 Å². The molecule has 0 aliphatic carbocycles. The number of hydrogen-bond donors (Lipinski definition) is 0. The van der Waals surface area contributed by atoms with Gasteiger partial charge in [0.1, 0.15) is 5.82 Å². The van der Waals surface area contributed by atoms with Gasteiger partial charge in [-0.15, -0.1) is 0 Å². The van der Waals surface area contributed by atoms with Crippen LogP contribution in [0.2, 0.25) is 0 Å². The first kappa shape index (κ1) is 16.9. The average Bonchev–Trinajstić information content (AvgIpc) is 2.57. The molecule has 0 saturated carbocycles. The molecule has 1 aliphatic rings. The van der Waals surface area contributed by atoms with Crippen molar-refractivity contribution in [3.05, 3.63) is 59.4 Å². The number of hydrogen-bond acceptors (Lipinski definition) is 3. The Labute approximate surface area is 142 Å². The summed E-state index contributed by atoms with van der Waals surface area (Å²) in [5.41, 5.74) is 3.60. The molecule has 4 nitrogen and oxygen atoms in total. The van der Waals surface area contributed by atoms with E-state index in [1.165, 1.54) is 33.6 Å². The summed E-state index contributed by atoms with van der Waals surface area (Å²) in [6.07, 6.45) is 0. The molecule has 3 rings (SSSR count). The average molecular weight is 348 g/mol. The Hall–Kier alpha value is -1.92. The van der Waals surface area contributed by atoms with Gasteiger partial charge in [0.05, 0.1) is 4.90 Å². The summed E-state index contributed by atoms with van der Waals surface area (Å²) in [6, 6.07) is 11.4. The summed E-state index contributed by atoms with van der Waals surface area (Å²) in [7, 11) is -3.64. The van der Waals surface area contributed by atoms with E-state index in [0.29, 0.717) is 26.2 Å². The number of aryl methyl sites for hydroxylation is 1. The largest absolute Gasteiger partial charge is 0.369 e. The zero-order chi connectivity index (χ0) is 17.3. The number of benzene rings is 2. The quantitative estimate of drug-likeness (QED) is 0.856. The summed E-state index contributed by atoms with van der Waals surface area (Å²) < 4.78 is 40.1. The van der Waals surface area contributed by atoms with Crippen LogP contribution >= 0.6 is 0 Å². The number of anilines is 1. The second-order valence-electron chi connectivity index (χ2n) is 6.07. The van der Waals surface area contributed by atoms with Crippen LogP contribution in [0.25, 0.3) is 0 Å². The normalized spacial score (nSPS) is 16.4. The van der Waals surface area contributed by atoms with Crippen molar-refractivity contribution in [2.45, 2.75) is 18.7 Å². The van der Waals surface area contributed by atoms with E-state index in [9.17, 15) is 12.8 Å². The molecule has 1 fully saturated rings. The van der Waals surface area contributed by atoms with Gasteiger partial charge in [0.25, 0.3) is 0 Å². The summed E-state index contributed by atoms with van der Waals surface area (Å²) >= 11 is 0. The fourth-order valence-electron chi connectivity index (χ4n) is 3.02. The van der Waals surface area contributed by atoms with Crippen LogP contribution in [0.5, 0.6) is 0 Å². The van der Waals surface area contributed by atoms with Crippen molar-refractivity contribution in [1.29, 1.82) is 0 Å². The molecule has 0 atom stereocenters. The predicted octanol–water partition coefficient (Wildman–Crippen LogP) is 2.95. The number of rotatable bonds is 3. The second-order valence-corrected chi connectivity index (χ2v) is 8.01. The maximum absolute atomic E-state index is 13.3. The maximum atomic E-state index is 13.3.